The van der Waals surface area contributed by atoms with E-state index in [-0.39, 0.29) is 11.5 Å². The fourth-order valence-electron chi connectivity index (χ4n) is 3.92. The summed E-state index contributed by atoms with van der Waals surface area (Å²) in [7, 11) is 0. The van der Waals surface area contributed by atoms with E-state index in [1.807, 2.05) is 54.5 Å². The highest BCUT2D eigenvalue weighted by Crippen LogP contribution is 2.22. The lowest BCUT2D eigenvalue weighted by molar-refractivity contribution is 0.0674. The predicted molar refractivity (Wildman–Crippen MR) is 107 cm³/mol. The van der Waals surface area contributed by atoms with Crippen LogP contribution in [0.1, 0.15) is 40.3 Å². The summed E-state index contributed by atoms with van der Waals surface area (Å²) in [5.41, 5.74) is 3.71. The first-order valence-electron chi connectivity index (χ1n) is 9.71. The smallest absolute Gasteiger partial charge is 0.272 e. The molecule has 146 valence electrons. The fraction of sp³-hybridized carbons (Fsp3) is 0.429. The standard InChI is InChI=1S/C21H25N5O2/c1-14-15(2)22-13-25(20(14)27)12-17-7-10-24(11-8-17)21(28)19-16(3)23-18-6-4-5-9-26(18)19/h4-6,9,13,17H,7-8,10-12H2,1-3H3. The molecule has 1 fully saturated rings. The second-order valence-corrected chi connectivity index (χ2v) is 7.62. The normalized spacial score (nSPS) is 15.3. The number of hydrogen-bond donors (Lipinski definition) is 0. The van der Waals surface area contributed by atoms with E-state index in [0.717, 1.165) is 29.9 Å². The Labute approximate surface area is 163 Å². The minimum absolute atomic E-state index is 0.0275. The van der Waals surface area contributed by atoms with E-state index >= 15 is 0 Å². The van der Waals surface area contributed by atoms with Crippen molar-refractivity contribution in [2.45, 2.75) is 40.2 Å². The molecule has 0 aromatic carbocycles. The highest BCUT2D eigenvalue weighted by molar-refractivity contribution is 5.94. The monoisotopic (exact) mass is 379 g/mol. The van der Waals surface area contributed by atoms with Crippen molar-refractivity contribution in [1.82, 2.24) is 23.8 Å². The summed E-state index contributed by atoms with van der Waals surface area (Å²) in [5.74, 6) is 0.397. The van der Waals surface area contributed by atoms with Gasteiger partial charge in [-0.3, -0.25) is 18.6 Å². The van der Waals surface area contributed by atoms with Crippen molar-refractivity contribution in [2.75, 3.05) is 13.1 Å². The summed E-state index contributed by atoms with van der Waals surface area (Å²) in [5, 5.41) is 0. The quantitative estimate of drug-likeness (QED) is 0.700. The first-order valence-corrected chi connectivity index (χ1v) is 9.71. The summed E-state index contributed by atoms with van der Waals surface area (Å²) in [4.78, 5) is 36.2. The maximum atomic E-state index is 13.1. The van der Waals surface area contributed by atoms with Crippen LogP contribution >= 0.6 is 0 Å². The molecule has 3 aromatic heterocycles. The third kappa shape index (κ3) is 3.21. The Morgan fingerprint density at radius 3 is 2.64 bits per heavy atom. The van der Waals surface area contributed by atoms with Crippen molar-refractivity contribution >= 4 is 11.6 Å². The number of piperidine rings is 1. The number of carbonyl (C=O) groups is 1. The second kappa shape index (κ2) is 7.22. The number of nitrogens with zero attached hydrogens (tertiary/aromatic N) is 5. The number of likely N-dealkylation sites (tertiary alicyclic amines) is 1. The van der Waals surface area contributed by atoms with E-state index < -0.39 is 0 Å². The van der Waals surface area contributed by atoms with Gasteiger partial charge in [-0.1, -0.05) is 6.07 Å². The number of carbonyl (C=O) groups excluding carboxylic acids is 1. The molecule has 0 aliphatic carbocycles. The van der Waals surface area contributed by atoms with Gasteiger partial charge in [-0.25, -0.2) is 9.97 Å². The molecular formula is C21H25N5O2. The second-order valence-electron chi connectivity index (χ2n) is 7.62. The molecular weight excluding hydrogens is 354 g/mol. The molecule has 0 radical (unpaired) electrons. The third-order valence-electron chi connectivity index (χ3n) is 5.78. The number of aryl methyl sites for hydroxylation is 2. The predicted octanol–water partition coefficient (Wildman–Crippen LogP) is 2.37. The number of hydrogen-bond acceptors (Lipinski definition) is 4. The van der Waals surface area contributed by atoms with Crippen LogP contribution in [0.2, 0.25) is 0 Å². The molecule has 4 heterocycles. The zero-order chi connectivity index (χ0) is 19.8. The van der Waals surface area contributed by atoms with E-state index in [0.29, 0.717) is 36.8 Å². The van der Waals surface area contributed by atoms with Crippen LogP contribution in [-0.2, 0) is 6.54 Å². The van der Waals surface area contributed by atoms with Gasteiger partial charge in [0.25, 0.3) is 11.5 Å². The van der Waals surface area contributed by atoms with Crippen molar-refractivity contribution in [3.63, 3.8) is 0 Å². The van der Waals surface area contributed by atoms with Gasteiger partial charge in [-0.2, -0.15) is 0 Å². The van der Waals surface area contributed by atoms with Crippen molar-refractivity contribution in [3.05, 3.63) is 63.7 Å². The Bertz CT molecular complexity index is 1090. The summed E-state index contributed by atoms with van der Waals surface area (Å²) >= 11 is 0. The van der Waals surface area contributed by atoms with Crippen LogP contribution in [0, 0.1) is 26.7 Å². The van der Waals surface area contributed by atoms with Gasteiger partial charge in [0, 0.05) is 37.1 Å². The van der Waals surface area contributed by atoms with Crippen molar-refractivity contribution in [1.29, 1.82) is 0 Å². The topological polar surface area (TPSA) is 72.5 Å². The Hall–Kier alpha value is -2.96. The van der Waals surface area contributed by atoms with E-state index in [1.165, 1.54) is 0 Å². The molecule has 0 N–H and O–H groups in total. The Morgan fingerprint density at radius 2 is 1.89 bits per heavy atom. The van der Waals surface area contributed by atoms with Crippen LogP contribution in [0.5, 0.6) is 0 Å². The van der Waals surface area contributed by atoms with Crippen molar-refractivity contribution in [3.8, 4) is 0 Å². The molecule has 0 unspecified atom stereocenters. The highest BCUT2D eigenvalue weighted by atomic mass is 16.2. The first kappa shape index (κ1) is 18.4. The number of imidazole rings is 1. The number of rotatable bonds is 3. The molecule has 1 saturated heterocycles. The van der Waals surface area contributed by atoms with Gasteiger partial charge in [0.05, 0.1) is 12.0 Å². The molecule has 1 amide bonds. The van der Waals surface area contributed by atoms with E-state index in [2.05, 4.69) is 9.97 Å². The van der Waals surface area contributed by atoms with Gasteiger partial charge < -0.3 is 4.90 Å². The SMILES string of the molecule is Cc1ncn(CC2CCN(C(=O)c3c(C)nc4ccccn34)CC2)c(=O)c1C. The molecule has 7 nitrogen and oxygen atoms in total. The Morgan fingerprint density at radius 1 is 1.14 bits per heavy atom. The van der Waals surface area contributed by atoms with Crippen LogP contribution in [0.4, 0.5) is 0 Å². The molecule has 7 heteroatoms. The molecule has 0 atom stereocenters. The lowest BCUT2D eigenvalue weighted by Crippen LogP contribution is -2.40. The van der Waals surface area contributed by atoms with E-state index in [9.17, 15) is 9.59 Å². The number of amides is 1. The van der Waals surface area contributed by atoms with Crippen molar-refractivity contribution < 1.29 is 4.79 Å². The highest BCUT2D eigenvalue weighted by Gasteiger charge is 2.27. The molecule has 0 saturated carbocycles. The van der Waals surface area contributed by atoms with Crippen LogP contribution in [0.25, 0.3) is 5.65 Å². The summed E-state index contributed by atoms with van der Waals surface area (Å²) < 4.78 is 3.57. The van der Waals surface area contributed by atoms with Gasteiger partial charge in [0.2, 0.25) is 0 Å². The molecule has 1 aliphatic heterocycles. The Kier molecular flexibility index (Phi) is 4.75. The van der Waals surface area contributed by atoms with Crippen LogP contribution < -0.4 is 5.56 Å². The minimum Gasteiger partial charge on any atom is -0.337 e. The summed E-state index contributed by atoms with van der Waals surface area (Å²) in [6, 6.07) is 5.74. The molecule has 3 aromatic rings. The van der Waals surface area contributed by atoms with Gasteiger partial charge in [0.15, 0.2) is 0 Å². The zero-order valence-corrected chi connectivity index (χ0v) is 16.6. The molecule has 4 rings (SSSR count). The molecule has 28 heavy (non-hydrogen) atoms. The fourth-order valence-corrected chi connectivity index (χ4v) is 3.92. The summed E-state index contributed by atoms with van der Waals surface area (Å²) in [6.07, 6.45) is 5.28. The van der Waals surface area contributed by atoms with Gasteiger partial charge in [0.1, 0.15) is 11.3 Å². The zero-order valence-electron chi connectivity index (χ0n) is 16.6. The minimum atomic E-state index is 0.0275. The third-order valence-corrected chi connectivity index (χ3v) is 5.78. The lowest BCUT2D eigenvalue weighted by Gasteiger charge is -2.32. The number of aromatic nitrogens is 4. The lowest BCUT2D eigenvalue weighted by atomic mass is 9.96. The average molecular weight is 379 g/mol. The van der Waals surface area contributed by atoms with E-state index in [4.69, 9.17) is 0 Å². The summed E-state index contributed by atoms with van der Waals surface area (Å²) in [6.45, 7) is 7.59. The molecule has 0 spiro atoms. The maximum Gasteiger partial charge on any atom is 0.272 e. The van der Waals surface area contributed by atoms with Gasteiger partial charge >= 0.3 is 0 Å². The van der Waals surface area contributed by atoms with Crippen LogP contribution in [-0.4, -0.2) is 42.8 Å². The van der Waals surface area contributed by atoms with Crippen molar-refractivity contribution in [2.24, 2.45) is 5.92 Å². The van der Waals surface area contributed by atoms with Crippen LogP contribution in [0.3, 0.4) is 0 Å². The Balaban J connectivity index is 1.45. The van der Waals surface area contributed by atoms with Gasteiger partial charge in [-0.05, 0) is 51.7 Å². The number of pyridine rings is 1. The largest absolute Gasteiger partial charge is 0.337 e. The van der Waals surface area contributed by atoms with E-state index in [1.54, 1.807) is 10.9 Å². The van der Waals surface area contributed by atoms with Crippen LogP contribution in [0.15, 0.2) is 35.5 Å². The first-order chi connectivity index (χ1) is 13.5. The maximum absolute atomic E-state index is 13.1. The average Bonchev–Trinajstić information content (AvgIpc) is 3.04. The number of fused-ring (bicyclic) bond motifs is 1. The van der Waals surface area contributed by atoms with Gasteiger partial charge in [-0.15, -0.1) is 0 Å². The molecule has 0 bridgehead atoms. The molecule has 1 aliphatic rings.